The average Bonchev–Trinajstić information content (AvgIpc) is 3.62. The lowest BCUT2D eigenvalue weighted by atomic mass is 9.90. The number of halogens is 2. The van der Waals surface area contributed by atoms with Crippen LogP contribution in [0.25, 0.3) is 10.8 Å². The molecule has 2 fully saturated rings. The maximum atomic E-state index is 14.5. The van der Waals surface area contributed by atoms with Gasteiger partial charge in [0.15, 0.2) is 5.82 Å². The molecule has 1 saturated carbocycles. The Bertz CT molecular complexity index is 1120. The van der Waals surface area contributed by atoms with Crippen molar-refractivity contribution in [2.45, 2.75) is 44.1 Å². The number of carbonyl (C=O) groups excluding carboxylic acids is 1. The Balaban J connectivity index is 1.67. The minimum absolute atomic E-state index is 0.0307. The zero-order chi connectivity index (χ0) is 20.7. The monoisotopic (exact) mass is 423 g/mol. The van der Waals surface area contributed by atoms with Gasteiger partial charge >= 0.3 is 0 Å². The highest BCUT2D eigenvalue weighted by atomic mass is 35.5. The second-order valence-electron chi connectivity index (χ2n) is 8.19. The number of piperidine rings is 1. The topological polar surface area (TPSA) is 45.2 Å². The lowest BCUT2D eigenvalue weighted by Crippen LogP contribution is -2.32. The molecule has 30 heavy (non-hydrogen) atoms. The van der Waals surface area contributed by atoms with Crippen LogP contribution in [-0.4, -0.2) is 22.8 Å². The zero-order valence-electron chi connectivity index (χ0n) is 16.6. The highest BCUT2D eigenvalue weighted by Crippen LogP contribution is 2.47. The molecule has 2 aromatic carbocycles. The second-order valence-corrected chi connectivity index (χ2v) is 8.59. The van der Waals surface area contributed by atoms with Crippen molar-refractivity contribution in [1.82, 2.24) is 9.88 Å². The first-order chi connectivity index (χ1) is 14.7. The molecular formula is C24H23ClFN3O. The minimum Gasteiger partial charge on any atom is -0.338 e. The van der Waals surface area contributed by atoms with E-state index < -0.39 is 5.82 Å². The number of hydrogen-bond donors (Lipinski definition) is 1. The molecule has 0 radical (unpaired) electrons. The van der Waals surface area contributed by atoms with Crippen LogP contribution in [-0.2, 0) is 4.79 Å². The van der Waals surface area contributed by atoms with Crippen LogP contribution in [0.15, 0.2) is 42.6 Å². The molecule has 1 saturated heterocycles. The highest BCUT2D eigenvalue weighted by Gasteiger charge is 2.30. The molecule has 3 aromatic rings. The Morgan fingerprint density at radius 2 is 1.93 bits per heavy atom. The number of carbonyl (C=O) groups is 1. The molecule has 0 bridgehead atoms. The number of pyridine rings is 1. The van der Waals surface area contributed by atoms with E-state index in [1.807, 2.05) is 23.2 Å². The first kappa shape index (κ1) is 19.3. The lowest BCUT2D eigenvalue weighted by molar-refractivity contribution is -0.121. The predicted octanol–water partition coefficient (Wildman–Crippen LogP) is 6.33. The number of hydrogen-bond acceptors (Lipinski definition) is 3. The number of nitrogens with one attached hydrogen (secondary N) is 1. The Morgan fingerprint density at radius 3 is 2.73 bits per heavy atom. The van der Waals surface area contributed by atoms with E-state index in [-0.39, 0.29) is 11.1 Å². The Hall–Kier alpha value is -2.66. The summed E-state index contributed by atoms with van der Waals surface area (Å²) in [5, 5.41) is 5.32. The van der Waals surface area contributed by atoms with E-state index in [1.54, 1.807) is 12.1 Å². The minimum atomic E-state index is -0.490. The van der Waals surface area contributed by atoms with Crippen molar-refractivity contribution >= 4 is 40.3 Å². The van der Waals surface area contributed by atoms with Crippen LogP contribution < -0.4 is 5.32 Å². The SMILES string of the molecule is O=CN1CCCCC1c1cnc(Nc2cccc(Cl)c2F)c2cccc(C3CC3)c12. The number of benzene rings is 2. The predicted molar refractivity (Wildman–Crippen MR) is 118 cm³/mol. The molecular weight excluding hydrogens is 401 g/mol. The summed E-state index contributed by atoms with van der Waals surface area (Å²) in [6.07, 6.45) is 8.24. The number of fused-ring (bicyclic) bond motifs is 1. The van der Waals surface area contributed by atoms with Crippen molar-refractivity contribution in [2.75, 3.05) is 11.9 Å². The summed E-state index contributed by atoms with van der Waals surface area (Å²) < 4.78 is 14.5. The van der Waals surface area contributed by atoms with Gasteiger partial charge in [0, 0.05) is 23.7 Å². The summed E-state index contributed by atoms with van der Waals surface area (Å²) in [7, 11) is 0. The maximum absolute atomic E-state index is 14.5. The van der Waals surface area contributed by atoms with Crippen molar-refractivity contribution in [3.8, 4) is 0 Å². The smallest absolute Gasteiger partial charge is 0.210 e. The highest BCUT2D eigenvalue weighted by molar-refractivity contribution is 6.31. The normalized spacial score (nSPS) is 19.1. The fourth-order valence-electron chi connectivity index (χ4n) is 4.59. The third kappa shape index (κ3) is 3.41. The molecule has 2 aliphatic rings. The van der Waals surface area contributed by atoms with Gasteiger partial charge in [0.05, 0.1) is 16.8 Å². The van der Waals surface area contributed by atoms with Crippen molar-refractivity contribution < 1.29 is 9.18 Å². The molecule has 1 aliphatic heterocycles. The molecule has 1 amide bonds. The maximum Gasteiger partial charge on any atom is 0.210 e. The van der Waals surface area contributed by atoms with Crippen molar-refractivity contribution in [2.24, 2.45) is 0 Å². The van der Waals surface area contributed by atoms with E-state index in [9.17, 15) is 9.18 Å². The molecule has 4 nitrogen and oxygen atoms in total. The van der Waals surface area contributed by atoms with Crippen molar-refractivity contribution in [1.29, 1.82) is 0 Å². The van der Waals surface area contributed by atoms with Gasteiger partial charge in [-0.1, -0.05) is 35.9 Å². The van der Waals surface area contributed by atoms with Crippen LogP contribution in [0.3, 0.4) is 0 Å². The number of amides is 1. The van der Waals surface area contributed by atoms with E-state index >= 15 is 0 Å². The average molecular weight is 424 g/mol. The van der Waals surface area contributed by atoms with E-state index in [0.29, 0.717) is 17.4 Å². The van der Waals surface area contributed by atoms with Crippen LogP contribution in [0.5, 0.6) is 0 Å². The molecule has 1 N–H and O–H groups in total. The van der Waals surface area contributed by atoms with Crippen LogP contribution >= 0.6 is 11.6 Å². The first-order valence-electron chi connectivity index (χ1n) is 10.5. The summed E-state index contributed by atoms with van der Waals surface area (Å²) >= 11 is 5.96. The van der Waals surface area contributed by atoms with Crippen LogP contribution in [0, 0.1) is 5.82 Å². The number of anilines is 2. The van der Waals surface area contributed by atoms with Gasteiger partial charge in [-0.05, 0) is 61.1 Å². The number of nitrogens with zero attached hydrogens (tertiary/aromatic N) is 2. The third-order valence-electron chi connectivity index (χ3n) is 6.23. The molecule has 1 atom stereocenters. The second kappa shape index (κ2) is 7.88. The van der Waals surface area contributed by atoms with Gasteiger partial charge in [-0.2, -0.15) is 0 Å². The first-order valence-corrected chi connectivity index (χ1v) is 10.9. The number of likely N-dealkylation sites (tertiary alicyclic amines) is 1. The molecule has 154 valence electrons. The van der Waals surface area contributed by atoms with E-state index in [2.05, 4.69) is 16.4 Å². The van der Waals surface area contributed by atoms with Crippen molar-refractivity contribution in [3.05, 3.63) is 64.6 Å². The van der Waals surface area contributed by atoms with Crippen molar-refractivity contribution in [3.63, 3.8) is 0 Å². The Morgan fingerprint density at radius 1 is 1.10 bits per heavy atom. The van der Waals surface area contributed by atoms with E-state index in [4.69, 9.17) is 11.6 Å². The van der Waals surface area contributed by atoms with Crippen LogP contribution in [0.4, 0.5) is 15.9 Å². The third-order valence-corrected chi connectivity index (χ3v) is 6.53. The van der Waals surface area contributed by atoms with Gasteiger partial charge < -0.3 is 10.2 Å². The number of aromatic nitrogens is 1. The quantitative estimate of drug-likeness (QED) is 0.487. The van der Waals surface area contributed by atoms with E-state index in [1.165, 1.54) is 24.5 Å². The Kier molecular flexibility index (Phi) is 5.07. The summed E-state index contributed by atoms with van der Waals surface area (Å²) in [6, 6.07) is 11.2. The van der Waals surface area contributed by atoms with Gasteiger partial charge in [0.1, 0.15) is 5.82 Å². The van der Waals surface area contributed by atoms with Gasteiger partial charge in [-0.3, -0.25) is 4.79 Å². The fraction of sp³-hybridized carbons (Fsp3) is 0.333. The molecule has 1 aliphatic carbocycles. The lowest BCUT2D eigenvalue weighted by Gasteiger charge is -2.34. The van der Waals surface area contributed by atoms with Gasteiger partial charge in [-0.25, -0.2) is 9.37 Å². The van der Waals surface area contributed by atoms with Gasteiger partial charge in [0.25, 0.3) is 0 Å². The molecule has 6 heteroatoms. The molecule has 5 rings (SSSR count). The Labute approximate surface area is 180 Å². The van der Waals surface area contributed by atoms with Crippen LogP contribution in [0.1, 0.15) is 55.2 Å². The molecule has 2 heterocycles. The standard InChI is InChI=1S/C24H23ClFN3O/c25-19-7-4-8-20(23(19)26)28-24-17-6-3-5-16(15-10-11-15)22(17)18(13-27-24)21-9-1-2-12-29(21)14-30/h3-8,13-15,21H,1-2,9-12H2,(H,27,28). The zero-order valence-corrected chi connectivity index (χ0v) is 17.3. The van der Waals surface area contributed by atoms with E-state index in [0.717, 1.165) is 48.6 Å². The summed E-state index contributed by atoms with van der Waals surface area (Å²) in [5.41, 5.74) is 2.69. The molecule has 1 aromatic heterocycles. The fourth-order valence-corrected chi connectivity index (χ4v) is 4.76. The van der Waals surface area contributed by atoms with Crippen LogP contribution in [0.2, 0.25) is 5.02 Å². The number of rotatable bonds is 5. The van der Waals surface area contributed by atoms with Gasteiger partial charge in [0.2, 0.25) is 6.41 Å². The summed E-state index contributed by atoms with van der Waals surface area (Å²) in [5.74, 6) is 0.653. The summed E-state index contributed by atoms with van der Waals surface area (Å²) in [6.45, 7) is 0.773. The molecule has 0 spiro atoms. The van der Waals surface area contributed by atoms with Gasteiger partial charge in [-0.15, -0.1) is 0 Å². The summed E-state index contributed by atoms with van der Waals surface area (Å²) in [4.78, 5) is 18.3. The largest absolute Gasteiger partial charge is 0.338 e. The molecule has 1 unspecified atom stereocenters.